The van der Waals surface area contributed by atoms with E-state index in [2.05, 4.69) is 5.53 Å². The van der Waals surface area contributed by atoms with Crippen molar-refractivity contribution in [3.8, 4) is 0 Å². The zero-order chi connectivity index (χ0) is 5.86. The van der Waals surface area contributed by atoms with Gasteiger partial charge in [0, 0.05) is 14.0 Å². The molecule has 0 aromatic carbocycles. The molecule has 0 atom stereocenters. The minimum atomic E-state index is -0.109. The smallest absolute Gasteiger partial charge is 0.234 e. The van der Waals surface area contributed by atoms with E-state index in [4.69, 9.17) is 5.84 Å². The van der Waals surface area contributed by atoms with Gasteiger partial charge in [-0.05, 0) is 0 Å². The van der Waals surface area contributed by atoms with E-state index in [9.17, 15) is 4.79 Å². The summed E-state index contributed by atoms with van der Waals surface area (Å²) in [5.74, 6) is 4.72. The van der Waals surface area contributed by atoms with E-state index in [0.29, 0.717) is 0 Å². The number of carbonyl (C=O) groups excluding carboxylic acids is 1. The van der Waals surface area contributed by atoms with Crippen molar-refractivity contribution in [2.75, 3.05) is 7.05 Å². The van der Waals surface area contributed by atoms with Crippen molar-refractivity contribution in [3.63, 3.8) is 0 Å². The highest BCUT2D eigenvalue weighted by atomic mass is 16.2. The number of amides is 1. The fourth-order valence-electron chi connectivity index (χ4n) is 0.0909. The maximum absolute atomic E-state index is 10.2. The van der Waals surface area contributed by atoms with Crippen LogP contribution in [0.25, 0.3) is 0 Å². The average molecular weight is 103 g/mol. The van der Waals surface area contributed by atoms with Gasteiger partial charge in [-0.3, -0.25) is 15.6 Å². The van der Waals surface area contributed by atoms with E-state index in [1.54, 1.807) is 7.05 Å². The summed E-state index contributed by atoms with van der Waals surface area (Å²) in [7, 11) is 1.54. The maximum Gasteiger partial charge on any atom is 0.234 e. The van der Waals surface area contributed by atoms with Gasteiger partial charge in [0.1, 0.15) is 0 Å². The van der Waals surface area contributed by atoms with Gasteiger partial charge >= 0.3 is 0 Å². The molecule has 0 bridgehead atoms. The van der Waals surface area contributed by atoms with E-state index in [-0.39, 0.29) is 5.91 Å². The summed E-state index contributed by atoms with van der Waals surface area (Å²) >= 11 is 0. The molecular weight excluding hydrogens is 94.1 g/mol. The molecule has 0 aliphatic rings. The van der Waals surface area contributed by atoms with Crippen molar-refractivity contribution in [2.45, 2.75) is 6.92 Å². The first kappa shape index (κ1) is 6.39. The third-order valence-electron chi connectivity index (χ3n) is 0.666. The van der Waals surface area contributed by atoms with Crippen LogP contribution in [0.3, 0.4) is 0 Å². The zero-order valence-corrected chi connectivity index (χ0v) is 4.43. The average Bonchev–Trinajstić information content (AvgIpc) is 1.65. The van der Waals surface area contributed by atoms with Crippen LogP contribution < -0.4 is 11.4 Å². The second kappa shape index (κ2) is 2.54. The van der Waals surface area contributed by atoms with Crippen molar-refractivity contribution in [2.24, 2.45) is 5.84 Å². The molecule has 42 valence electrons. The maximum atomic E-state index is 10.2. The highest BCUT2D eigenvalue weighted by molar-refractivity contribution is 5.72. The number of rotatable bonds is 1. The quantitative estimate of drug-likeness (QED) is 0.325. The molecule has 7 heavy (non-hydrogen) atoms. The predicted molar refractivity (Wildman–Crippen MR) is 25.8 cm³/mol. The minimum Gasteiger partial charge on any atom is -0.274 e. The van der Waals surface area contributed by atoms with Crippen LogP contribution in [-0.2, 0) is 4.79 Å². The summed E-state index contributed by atoms with van der Waals surface area (Å²) in [4.78, 5) is 10.2. The molecule has 0 spiro atoms. The number of hydrogen-bond donors (Lipinski definition) is 2. The number of carbonyl (C=O) groups is 1. The number of nitrogens with two attached hydrogens (primary N) is 1. The lowest BCUT2D eigenvalue weighted by atomic mass is 10.7. The van der Waals surface area contributed by atoms with Crippen LogP contribution in [0.5, 0.6) is 0 Å². The molecule has 0 heterocycles. The summed E-state index contributed by atoms with van der Waals surface area (Å²) in [6.45, 7) is 1.42. The van der Waals surface area contributed by atoms with Crippen LogP contribution in [-0.4, -0.2) is 18.0 Å². The zero-order valence-electron chi connectivity index (χ0n) is 4.43. The summed E-state index contributed by atoms with van der Waals surface area (Å²) in [5.41, 5.74) is 2.15. The Balaban J connectivity index is 3.34. The van der Waals surface area contributed by atoms with Crippen molar-refractivity contribution in [1.29, 1.82) is 0 Å². The third kappa shape index (κ3) is 2.13. The molecule has 4 heteroatoms. The summed E-state index contributed by atoms with van der Waals surface area (Å²) in [6, 6.07) is 0. The third-order valence-corrected chi connectivity index (χ3v) is 0.666. The van der Waals surface area contributed by atoms with Gasteiger partial charge in [-0.15, -0.1) is 0 Å². The van der Waals surface area contributed by atoms with Gasteiger partial charge in [-0.2, -0.15) is 5.53 Å². The molecule has 0 saturated carbocycles. The molecule has 0 fully saturated rings. The first-order valence-electron chi connectivity index (χ1n) is 1.89. The Morgan fingerprint density at radius 2 is 2.29 bits per heavy atom. The van der Waals surface area contributed by atoms with Crippen LogP contribution in [0, 0.1) is 0 Å². The Bertz CT molecular complexity index is 72.6. The van der Waals surface area contributed by atoms with Gasteiger partial charge in [0.05, 0.1) is 0 Å². The molecule has 0 aromatic rings. The van der Waals surface area contributed by atoms with Crippen LogP contribution in [0.4, 0.5) is 0 Å². The Hall–Kier alpha value is -0.610. The fraction of sp³-hybridized carbons (Fsp3) is 0.667. The molecule has 0 aliphatic carbocycles. The fourth-order valence-corrected chi connectivity index (χ4v) is 0.0909. The van der Waals surface area contributed by atoms with Gasteiger partial charge in [0.15, 0.2) is 0 Å². The van der Waals surface area contributed by atoms with Crippen molar-refractivity contribution < 1.29 is 4.79 Å². The summed E-state index contributed by atoms with van der Waals surface area (Å²) < 4.78 is 0. The Morgan fingerprint density at radius 1 is 1.86 bits per heavy atom. The first-order valence-corrected chi connectivity index (χ1v) is 1.89. The van der Waals surface area contributed by atoms with Crippen LogP contribution in [0.2, 0.25) is 0 Å². The molecule has 1 amide bonds. The van der Waals surface area contributed by atoms with Gasteiger partial charge in [0.2, 0.25) is 5.91 Å². The van der Waals surface area contributed by atoms with Gasteiger partial charge in [-0.25, -0.2) is 0 Å². The molecular formula is C3H9N3O. The number of nitrogens with one attached hydrogen (secondary N) is 1. The molecule has 4 nitrogen and oxygen atoms in total. The van der Waals surface area contributed by atoms with E-state index in [0.717, 1.165) is 0 Å². The van der Waals surface area contributed by atoms with E-state index in [1.165, 1.54) is 11.9 Å². The lowest BCUT2D eigenvalue weighted by molar-refractivity contribution is -0.130. The number of hydrogen-bond acceptors (Lipinski definition) is 3. The molecule has 3 N–H and O–H groups in total. The van der Waals surface area contributed by atoms with Crippen molar-refractivity contribution in [1.82, 2.24) is 10.5 Å². The van der Waals surface area contributed by atoms with Crippen LogP contribution in [0.15, 0.2) is 0 Å². The topological polar surface area (TPSA) is 58.4 Å². The molecule has 0 radical (unpaired) electrons. The normalized spacial score (nSPS) is 8.43. The van der Waals surface area contributed by atoms with E-state index in [1.807, 2.05) is 0 Å². The van der Waals surface area contributed by atoms with Crippen LogP contribution >= 0.6 is 0 Å². The SMILES string of the molecule is CC(=O)N(C)NN. The number of nitrogens with zero attached hydrogens (tertiary/aromatic N) is 1. The van der Waals surface area contributed by atoms with Crippen molar-refractivity contribution >= 4 is 5.91 Å². The standard InChI is InChI=1S/C3H9N3O/c1-3(7)6(2)5-4/h5H,4H2,1-2H3. The van der Waals surface area contributed by atoms with E-state index >= 15 is 0 Å². The molecule has 0 aliphatic heterocycles. The predicted octanol–water partition coefficient (Wildman–Crippen LogP) is -1.16. The Morgan fingerprint density at radius 3 is 2.29 bits per heavy atom. The summed E-state index contributed by atoms with van der Waals surface area (Å²) in [5, 5.41) is 1.18. The lowest BCUT2D eigenvalue weighted by Crippen LogP contribution is -2.42. The lowest BCUT2D eigenvalue weighted by Gasteiger charge is -2.09. The Kier molecular flexibility index (Phi) is 2.32. The first-order chi connectivity index (χ1) is 3.18. The highest BCUT2D eigenvalue weighted by Gasteiger charge is 1.93. The van der Waals surface area contributed by atoms with Crippen molar-refractivity contribution in [3.05, 3.63) is 0 Å². The monoisotopic (exact) mass is 103 g/mol. The minimum absolute atomic E-state index is 0.109. The molecule has 0 rings (SSSR count). The Labute approximate surface area is 42.2 Å². The largest absolute Gasteiger partial charge is 0.274 e. The van der Waals surface area contributed by atoms with Gasteiger partial charge in [0.25, 0.3) is 0 Å². The summed E-state index contributed by atoms with van der Waals surface area (Å²) in [6.07, 6.45) is 0. The van der Waals surface area contributed by atoms with Gasteiger partial charge in [-0.1, -0.05) is 0 Å². The molecule has 0 unspecified atom stereocenters. The highest BCUT2D eigenvalue weighted by Crippen LogP contribution is 1.68. The van der Waals surface area contributed by atoms with E-state index < -0.39 is 0 Å². The molecule has 0 saturated heterocycles. The molecule has 0 aromatic heterocycles. The number of hydrazine groups is 2. The van der Waals surface area contributed by atoms with Crippen LogP contribution in [0.1, 0.15) is 6.92 Å². The second-order valence-corrected chi connectivity index (χ2v) is 1.21. The van der Waals surface area contributed by atoms with Gasteiger partial charge < -0.3 is 0 Å². The second-order valence-electron chi connectivity index (χ2n) is 1.21.